The summed E-state index contributed by atoms with van der Waals surface area (Å²) >= 11 is 0. The highest BCUT2D eigenvalue weighted by Crippen LogP contribution is 2.27. The van der Waals surface area contributed by atoms with Gasteiger partial charge in [-0.25, -0.2) is 9.78 Å². The first-order valence-corrected chi connectivity index (χ1v) is 9.93. The Morgan fingerprint density at radius 3 is 2.58 bits per heavy atom. The number of nitrogens with zero attached hydrogens (tertiary/aromatic N) is 2. The van der Waals surface area contributed by atoms with E-state index >= 15 is 0 Å². The molecule has 8 heteroatoms. The first-order valence-electron chi connectivity index (χ1n) is 9.93. The van der Waals surface area contributed by atoms with Gasteiger partial charge in [-0.15, -0.1) is 0 Å². The maximum absolute atomic E-state index is 12.1. The maximum atomic E-state index is 12.1. The number of hydrogen-bond donors (Lipinski definition) is 3. The number of hydrogen-bond acceptors (Lipinski definition) is 5. The van der Waals surface area contributed by atoms with Crippen LogP contribution in [0, 0.1) is 6.92 Å². The smallest absolute Gasteiger partial charge is 0.320 e. The van der Waals surface area contributed by atoms with Crippen molar-refractivity contribution in [3.63, 3.8) is 0 Å². The van der Waals surface area contributed by atoms with Crippen LogP contribution in [0.25, 0.3) is 0 Å². The standard InChI is InChI=1S/C23H25N5O3/c1-4-17-12-16(14-27-23(30)28-21-11-15(2)7-9-26-21)5-6-20(17)31-18-8-10-25-19(13-18)22(29)24-3/h5-13H,4,14H2,1-3H3,(H,24,29)(H2,26,27,28,30). The van der Waals surface area contributed by atoms with Gasteiger partial charge in [0.15, 0.2) is 0 Å². The molecule has 1 aromatic carbocycles. The van der Waals surface area contributed by atoms with Gasteiger partial charge in [0.05, 0.1) is 0 Å². The van der Waals surface area contributed by atoms with Crippen LogP contribution in [0.5, 0.6) is 11.5 Å². The fourth-order valence-electron chi connectivity index (χ4n) is 2.92. The molecule has 0 saturated carbocycles. The van der Waals surface area contributed by atoms with Crippen molar-refractivity contribution < 1.29 is 14.3 Å². The Hall–Kier alpha value is -3.94. The number of carbonyl (C=O) groups excluding carboxylic acids is 2. The molecular weight excluding hydrogens is 394 g/mol. The third-order valence-electron chi connectivity index (χ3n) is 4.53. The molecule has 160 valence electrons. The molecular formula is C23H25N5O3. The van der Waals surface area contributed by atoms with Gasteiger partial charge in [-0.2, -0.15) is 0 Å². The normalized spacial score (nSPS) is 10.3. The number of aryl methyl sites for hydroxylation is 2. The Bertz CT molecular complexity index is 1080. The molecule has 0 aliphatic heterocycles. The van der Waals surface area contributed by atoms with Gasteiger partial charge >= 0.3 is 6.03 Å². The van der Waals surface area contributed by atoms with E-state index in [1.807, 2.05) is 38.1 Å². The number of nitrogens with one attached hydrogen (secondary N) is 3. The van der Waals surface area contributed by atoms with E-state index in [0.717, 1.165) is 23.1 Å². The number of ether oxygens (including phenoxy) is 1. The van der Waals surface area contributed by atoms with Crippen LogP contribution in [0.4, 0.5) is 10.6 Å². The van der Waals surface area contributed by atoms with Crippen molar-refractivity contribution in [1.29, 1.82) is 0 Å². The molecule has 31 heavy (non-hydrogen) atoms. The van der Waals surface area contributed by atoms with Gasteiger partial charge in [0.1, 0.15) is 23.0 Å². The summed E-state index contributed by atoms with van der Waals surface area (Å²) in [6.07, 6.45) is 3.93. The van der Waals surface area contributed by atoms with E-state index in [2.05, 4.69) is 25.9 Å². The van der Waals surface area contributed by atoms with Crippen molar-refractivity contribution in [3.8, 4) is 11.5 Å². The summed E-state index contributed by atoms with van der Waals surface area (Å²) in [5.41, 5.74) is 3.23. The second kappa shape index (κ2) is 10.2. The van der Waals surface area contributed by atoms with Crippen LogP contribution >= 0.6 is 0 Å². The third kappa shape index (κ3) is 6.02. The van der Waals surface area contributed by atoms with Gasteiger partial charge < -0.3 is 15.4 Å². The maximum Gasteiger partial charge on any atom is 0.320 e. The SMILES string of the molecule is CCc1cc(CNC(=O)Nc2cc(C)ccn2)ccc1Oc1ccnc(C(=O)NC)c1. The molecule has 0 saturated heterocycles. The highest BCUT2D eigenvalue weighted by atomic mass is 16.5. The van der Waals surface area contributed by atoms with Crippen molar-refractivity contribution in [1.82, 2.24) is 20.6 Å². The van der Waals surface area contributed by atoms with Gasteiger partial charge in [-0.3, -0.25) is 15.1 Å². The number of benzene rings is 1. The largest absolute Gasteiger partial charge is 0.457 e. The molecule has 0 aliphatic rings. The molecule has 0 bridgehead atoms. The van der Waals surface area contributed by atoms with Crippen LogP contribution in [-0.2, 0) is 13.0 Å². The van der Waals surface area contributed by atoms with Crippen LogP contribution in [0.2, 0.25) is 0 Å². The fraction of sp³-hybridized carbons (Fsp3) is 0.217. The zero-order valence-corrected chi connectivity index (χ0v) is 17.7. The van der Waals surface area contributed by atoms with Crippen molar-refractivity contribution in [3.05, 3.63) is 77.2 Å². The lowest BCUT2D eigenvalue weighted by Crippen LogP contribution is -2.28. The number of pyridine rings is 2. The summed E-state index contributed by atoms with van der Waals surface area (Å²) in [7, 11) is 1.55. The summed E-state index contributed by atoms with van der Waals surface area (Å²) in [5.74, 6) is 1.44. The zero-order valence-electron chi connectivity index (χ0n) is 17.7. The summed E-state index contributed by atoms with van der Waals surface area (Å²) in [5, 5.41) is 8.09. The molecule has 0 spiro atoms. The quantitative estimate of drug-likeness (QED) is 0.540. The molecule has 3 N–H and O–H groups in total. The summed E-state index contributed by atoms with van der Waals surface area (Å²) in [4.78, 5) is 32.1. The van der Waals surface area contributed by atoms with Crippen molar-refractivity contribution in [2.45, 2.75) is 26.8 Å². The average Bonchev–Trinajstić information content (AvgIpc) is 2.78. The Morgan fingerprint density at radius 1 is 1.03 bits per heavy atom. The Balaban J connectivity index is 1.64. The summed E-state index contributed by atoms with van der Waals surface area (Å²) < 4.78 is 5.98. The molecule has 3 aromatic rings. The summed E-state index contributed by atoms with van der Waals surface area (Å²) in [6.45, 7) is 4.32. The molecule has 2 aromatic heterocycles. The molecule has 0 aliphatic carbocycles. The van der Waals surface area contributed by atoms with Gasteiger partial charge in [0.25, 0.3) is 5.91 Å². The van der Waals surface area contributed by atoms with E-state index in [1.165, 1.54) is 6.20 Å². The van der Waals surface area contributed by atoms with Crippen molar-refractivity contribution >= 4 is 17.8 Å². The number of rotatable bonds is 7. The van der Waals surface area contributed by atoms with E-state index in [4.69, 9.17) is 4.74 Å². The lowest BCUT2D eigenvalue weighted by atomic mass is 10.1. The molecule has 3 amide bonds. The fourth-order valence-corrected chi connectivity index (χ4v) is 2.92. The van der Waals surface area contributed by atoms with Crippen LogP contribution in [0.1, 0.15) is 34.1 Å². The first kappa shape index (κ1) is 21.8. The first-order chi connectivity index (χ1) is 15.0. The average molecular weight is 419 g/mol. The highest BCUT2D eigenvalue weighted by Gasteiger charge is 2.10. The number of urea groups is 1. The number of carbonyl (C=O) groups is 2. The molecule has 8 nitrogen and oxygen atoms in total. The predicted octanol–water partition coefficient (Wildman–Crippen LogP) is 3.82. The van der Waals surface area contributed by atoms with Gasteiger partial charge in [0.2, 0.25) is 0 Å². The molecule has 3 rings (SSSR count). The minimum absolute atomic E-state index is 0.276. The topological polar surface area (TPSA) is 105 Å². The Labute approximate surface area is 181 Å². The van der Waals surface area contributed by atoms with E-state index in [1.54, 1.807) is 31.4 Å². The summed E-state index contributed by atoms with van der Waals surface area (Å²) in [6, 6.07) is 12.4. The van der Waals surface area contributed by atoms with Crippen molar-refractivity contribution in [2.24, 2.45) is 0 Å². The molecule has 0 radical (unpaired) electrons. The van der Waals surface area contributed by atoms with E-state index < -0.39 is 0 Å². The lowest BCUT2D eigenvalue weighted by Gasteiger charge is -2.13. The molecule has 0 atom stereocenters. The Morgan fingerprint density at radius 2 is 1.84 bits per heavy atom. The van der Waals surface area contributed by atoms with Crippen LogP contribution in [0.3, 0.4) is 0 Å². The second-order valence-corrected chi connectivity index (χ2v) is 6.88. The molecule has 2 heterocycles. The highest BCUT2D eigenvalue weighted by molar-refractivity contribution is 5.92. The van der Waals surface area contributed by atoms with Gasteiger partial charge in [-0.1, -0.05) is 19.1 Å². The number of aromatic nitrogens is 2. The van der Waals surface area contributed by atoms with E-state index in [0.29, 0.717) is 23.9 Å². The zero-order chi connectivity index (χ0) is 22.2. The second-order valence-electron chi connectivity index (χ2n) is 6.88. The van der Waals surface area contributed by atoms with Crippen molar-refractivity contribution in [2.75, 3.05) is 12.4 Å². The third-order valence-corrected chi connectivity index (χ3v) is 4.53. The van der Waals surface area contributed by atoms with E-state index in [-0.39, 0.29) is 17.6 Å². The Kier molecular flexibility index (Phi) is 7.16. The van der Waals surface area contributed by atoms with Crippen LogP contribution in [-0.4, -0.2) is 29.0 Å². The van der Waals surface area contributed by atoms with Crippen LogP contribution in [0.15, 0.2) is 54.9 Å². The minimum atomic E-state index is -0.324. The lowest BCUT2D eigenvalue weighted by molar-refractivity contribution is 0.0958. The number of amides is 3. The van der Waals surface area contributed by atoms with Gasteiger partial charge in [0, 0.05) is 32.1 Å². The van der Waals surface area contributed by atoms with E-state index in [9.17, 15) is 9.59 Å². The monoisotopic (exact) mass is 419 g/mol. The van der Waals surface area contributed by atoms with Gasteiger partial charge in [-0.05, 0) is 54.3 Å². The number of anilines is 1. The minimum Gasteiger partial charge on any atom is -0.457 e. The molecule has 0 unspecified atom stereocenters. The van der Waals surface area contributed by atoms with Crippen LogP contribution < -0.4 is 20.7 Å². The molecule has 0 fully saturated rings. The predicted molar refractivity (Wildman–Crippen MR) is 118 cm³/mol.